The van der Waals surface area contributed by atoms with Gasteiger partial charge in [-0.25, -0.2) is 0 Å². The molecule has 1 heterocycles. The van der Waals surface area contributed by atoms with Crippen LogP contribution in [-0.2, 0) is 14.3 Å². The topological polar surface area (TPSA) is 177 Å². The first-order valence-electron chi connectivity index (χ1n) is 17.5. The molecule has 0 spiro atoms. The monoisotopic (exact) mass is 650 g/mol. The first kappa shape index (κ1) is 34.7. The Morgan fingerprint density at radius 3 is 2.17 bits per heavy atom. The lowest BCUT2D eigenvalue weighted by atomic mass is 9.33. The maximum Gasteiger partial charge on any atom is 0.310 e. The van der Waals surface area contributed by atoms with E-state index in [1.807, 2.05) is 0 Å². The van der Waals surface area contributed by atoms with E-state index >= 15 is 0 Å². The largest absolute Gasteiger partial charge is 0.481 e. The Balaban J connectivity index is 1.33. The highest BCUT2D eigenvalue weighted by molar-refractivity contribution is 5.77. The van der Waals surface area contributed by atoms with Crippen LogP contribution in [0.1, 0.15) is 99.8 Å². The summed E-state index contributed by atoms with van der Waals surface area (Å²) in [5.41, 5.74) is -1.55. The molecule has 15 atom stereocenters. The van der Waals surface area contributed by atoms with Gasteiger partial charge in [-0.2, -0.15) is 0 Å². The van der Waals surface area contributed by atoms with E-state index in [2.05, 4.69) is 54.5 Å². The minimum Gasteiger partial charge on any atom is -0.481 e. The van der Waals surface area contributed by atoms with Crippen molar-refractivity contribution >= 4 is 5.97 Å². The summed E-state index contributed by atoms with van der Waals surface area (Å²) in [7, 11) is 0. The number of fused-ring (bicyclic) bond motifs is 7. The number of ether oxygens (including phenoxy) is 2. The molecule has 10 nitrogen and oxygen atoms in total. The van der Waals surface area contributed by atoms with Gasteiger partial charge >= 0.3 is 5.97 Å². The predicted octanol–water partition coefficient (Wildman–Crippen LogP) is 3.00. The van der Waals surface area contributed by atoms with E-state index in [0.29, 0.717) is 25.7 Å². The van der Waals surface area contributed by atoms with Gasteiger partial charge < -0.3 is 45.2 Å². The van der Waals surface area contributed by atoms with E-state index in [-0.39, 0.29) is 33.5 Å². The van der Waals surface area contributed by atoms with Crippen LogP contribution in [0.2, 0.25) is 0 Å². The summed E-state index contributed by atoms with van der Waals surface area (Å²) in [6, 6.07) is 0. The van der Waals surface area contributed by atoms with Crippen molar-refractivity contribution in [1.29, 1.82) is 0 Å². The molecule has 4 saturated carbocycles. The Kier molecular flexibility index (Phi) is 8.27. The Labute approximate surface area is 273 Å². The molecule has 0 radical (unpaired) electrons. The van der Waals surface area contributed by atoms with Crippen molar-refractivity contribution in [3.8, 4) is 0 Å². The van der Waals surface area contributed by atoms with Gasteiger partial charge in [0.15, 0.2) is 6.29 Å². The predicted molar refractivity (Wildman–Crippen MR) is 168 cm³/mol. The van der Waals surface area contributed by atoms with Crippen LogP contribution < -0.4 is 0 Å². The lowest BCUT2D eigenvalue weighted by Crippen LogP contribution is -2.69. The molecule has 0 aromatic carbocycles. The van der Waals surface area contributed by atoms with Crippen molar-refractivity contribution in [3.05, 3.63) is 11.6 Å². The maximum atomic E-state index is 13.0. The van der Waals surface area contributed by atoms with Crippen LogP contribution in [0, 0.1) is 50.2 Å². The molecule has 46 heavy (non-hydrogen) atoms. The summed E-state index contributed by atoms with van der Waals surface area (Å²) >= 11 is 0. The first-order chi connectivity index (χ1) is 21.2. The van der Waals surface area contributed by atoms with Gasteiger partial charge in [-0.15, -0.1) is 0 Å². The van der Waals surface area contributed by atoms with E-state index in [1.165, 1.54) is 0 Å². The van der Waals surface area contributed by atoms with Crippen LogP contribution in [0.3, 0.4) is 0 Å². The van der Waals surface area contributed by atoms with Gasteiger partial charge in [0.25, 0.3) is 0 Å². The number of hydrogen-bond donors (Lipinski definition) is 7. The van der Waals surface area contributed by atoms with Crippen molar-refractivity contribution in [2.75, 3.05) is 6.61 Å². The molecule has 5 aliphatic carbocycles. The molecular formula is C36H58O10. The zero-order valence-corrected chi connectivity index (χ0v) is 28.6. The summed E-state index contributed by atoms with van der Waals surface area (Å²) in [5, 5.41) is 75.4. The maximum absolute atomic E-state index is 13.0. The van der Waals surface area contributed by atoms with Crippen molar-refractivity contribution < 1.29 is 50.0 Å². The van der Waals surface area contributed by atoms with E-state index in [1.54, 1.807) is 0 Å². The third kappa shape index (κ3) is 4.46. The molecule has 10 heteroatoms. The van der Waals surface area contributed by atoms with Gasteiger partial charge in [0, 0.05) is 5.92 Å². The molecule has 0 amide bonds. The standard InChI is InChI=1S/C36H58O10/c1-31(2)12-14-36(30(43)44)15-13-34(6)18(23(36)27(31)42)8-9-22-33(5)16-19(38)28(32(3,4)21(33)10-11-35(22,34)7)46-29-26(41)25(40)24(39)20(17-37)45-29/h8,19-29,37-42H,9-17H2,1-7H3,(H,43,44)/t19-,20+,21+,22-,23-,24-,25+,26-,27+,28+,29+,33+,34-,35-,36+/m1/s1. The number of hydrogen-bond acceptors (Lipinski definition) is 9. The average molecular weight is 651 g/mol. The van der Waals surface area contributed by atoms with Crippen molar-refractivity contribution in [1.82, 2.24) is 0 Å². The van der Waals surface area contributed by atoms with Crippen LogP contribution in [0.15, 0.2) is 11.6 Å². The third-order valence-electron chi connectivity index (χ3n) is 15.3. The Morgan fingerprint density at radius 2 is 1.54 bits per heavy atom. The molecule has 0 unspecified atom stereocenters. The lowest BCUT2D eigenvalue weighted by molar-refractivity contribution is -0.341. The van der Waals surface area contributed by atoms with Gasteiger partial charge in [-0.1, -0.05) is 60.1 Å². The highest BCUT2D eigenvalue weighted by atomic mass is 16.7. The minimum atomic E-state index is -1.56. The minimum absolute atomic E-state index is 0.135. The van der Waals surface area contributed by atoms with E-state index in [4.69, 9.17) is 9.47 Å². The fourth-order valence-electron chi connectivity index (χ4n) is 12.3. The Bertz CT molecular complexity index is 1250. The molecule has 0 bridgehead atoms. The van der Waals surface area contributed by atoms with Gasteiger partial charge in [0.1, 0.15) is 24.4 Å². The molecular weight excluding hydrogens is 592 g/mol. The summed E-state index contributed by atoms with van der Waals surface area (Å²) in [4.78, 5) is 13.0. The summed E-state index contributed by atoms with van der Waals surface area (Å²) < 4.78 is 12.0. The molecule has 6 rings (SSSR count). The van der Waals surface area contributed by atoms with Crippen LogP contribution in [0.4, 0.5) is 0 Å². The second-order valence-corrected chi connectivity index (χ2v) is 18.0. The fourth-order valence-corrected chi connectivity index (χ4v) is 12.3. The number of aliphatic hydroxyl groups excluding tert-OH is 6. The second kappa shape index (κ2) is 10.9. The number of aliphatic carboxylic acids is 1. The van der Waals surface area contributed by atoms with Crippen LogP contribution >= 0.6 is 0 Å². The SMILES string of the molecule is CC1(C)CC[C@]2(C(=O)O)CC[C@]3(C)C(=CC[C@@H]4[C@@]5(C)C[C@@H](O)[C@H](O[C@@H]6O[C@@H](CO)[C@@H](O)[C@H](O)[C@H]6O)C(C)(C)[C@@H]5CC[C@]43C)[C@@H]2[C@@H]1O. The molecule has 0 aromatic heterocycles. The van der Waals surface area contributed by atoms with E-state index in [9.17, 15) is 40.5 Å². The zero-order valence-electron chi connectivity index (χ0n) is 28.6. The number of rotatable bonds is 4. The lowest BCUT2D eigenvalue weighted by Gasteiger charge is -2.72. The summed E-state index contributed by atoms with van der Waals surface area (Å²) in [5.74, 6) is -0.891. The number of carboxylic acids is 1. The summed E-state index contributed by atoms with van der Waals surface area (Å²) in [6.07, 6.45) is -1.61. The number of allylic oxidation sites excluding steroid dienone is 1. The van der Waals surface area contributed by atoms with E-state index in [0.717, 1.165) is 31.3 Å². The highest BCUT2D eigenvalue weighted by Crippen LogP contribution is 2.76. The number of aliphatic hydroxyl groups is 6. The third-order valence-corrected chi connectivity index (χ3v) is 15.3. The summed E-state index contributed by atoms with van der Waals surface area (Å²) in [6.45, 7) is 14.7. The second-order valence-electron chi connectivity index (χ2n) is 18.0. The molecule has 1 saturated heterocycles. The van der Waals surface area contributed by atoms with Crippen LogP contribution in [0.25, 0.3) is 0 Å². The van der Waals surface area contributed by atoms with E-state index < -0.39 is 78.3 Å². The average Bonchev–Trinajstić information content (AvgIpc) is 2.97. The van der Waals surface area contributed by atoms with Gasteiger partial charge in [-0.3, -0.25) is 4.79 Å². The van der Waals surface area contributed by atoms with Crippen molar-refractivity contribution in [2.24, 2.45) is 50.2 Å². The van der Waals surface area contributed by atoms with Crippen molar-refractivity contribution in [2.45, 2.75) is 149 Å². The smallest absolute Gasteiger partial charge is 0.310 e. The number of carbonyl (C=O) groups is 1. The normalized spacial score (nSPS) is 54.4. The molecule has 7 N–H and O–H groups in total. The van der Waals surface area contributed by atoms with Gasteiger partial charge in [0.05, 0.1) is 30.3 Å². The fraction of sp³-hybridized carbons (Fsp3) is 0.917. The zero-order chi connectivity index (χ0) is 34.0. The molecule has 1 aliphatic heterocycles. The molecule has 5 fully saturated rings. The van der Waals surface area contributed by atoms with Crippen LogP contribution in [-0.4, -0.2) is 97.3 Å². The quantitative estimate of drug-likeness (QED) is 0.177. The van der Waals surface area contributed by atoms with Gasteiger partial charge in [0.2, 0.25) is 0 Å². The number of carboxylic acid groups (broad SMARTS) is 1. The Morgan fingerprint density at radius 1 is 0.891 bits per heavy atom. The molecule has 6 aliphatic rings. The first-order valence-corrected chi connectivity index (χ1v) is 17.5. The molecule has 262 valence electrons. The molecule has 0 aromatic rings. The van der Waals surface area contributed by atoms with Crippen molar-refractivity contribution in [3.63, 3.8) is 0 Å². The van der Waals surface area contributed by atoms with Crippen LogP contribution in [0.5, 0.6) is 0 Å². The Hall–Kier alpha value is -1.11. The highest BCUT2D eigenvalue weighted by Gasteiger charge is 2.71. The van der Waals surface area contributed by atoms with Gasteiger partial charge in [-0.05, 0) is 90.3 Å².